The number of carbonyl (C=O) groups is 1. The smallest absolute Gasteiger partial charge is 0.161 e. The third kappa shape index (κ3) is 2.88. The number of phenols is 1. The minimum absolute atomic E-state index is 0.0216. The van der Waals surface area contributed by atoms with Crippen LogP contribution in [0.5, 0.6) is 11.5 Å². The summed E-state index contributed by atoms with van der Waals surface area (Å²) in [5.74, 6) is 0.355. The normalized spacial score (nSPS) is 10.1. The van der Waals surface area contributed by atoms with E-state index in [4.69, 9.17) is 4.74 Å². The minimum Gasteiger partial charge on any atom is -0.504 e. The average molecular weight is 242 g/mol. The molecule has 0 saturated carbocycles. The van der Waals surface area contributed by atoms with Gasteiger partial charge in [-0.1, -0.05) is 29.8 Å². The molecule has 92 valence electrons. The molecule has 0 amide bonds. The van der Waals surface area contributed by atoms with Gasteiger partial charge in [0.1, 0.15) is 12.9 Å². The molecule has 0 aromatic heterocycles. The van der Waals surface area contributed by atoms with Crippen LogP contribution in [0.1, 0.15) is 21.5 Å². The first-order chi connectivity index (χ1) is 8.69. The highest BCUT2D eigenvalue weighted by molar-refractivity contribution is 5.76. The lowest BCUT2D eigenvalue weighted by atomic mass is 10.2. The number of hydrogen-bond donors (Lipinski definition) is 1. The predicted molar refractivity (Wildman–Crippen MR) is 69.0 cm³/mol. The number of aromatic hydroxyl groups is 1. The Balaban J connectivity index is 2.06. The van der Waals surface area contributed by atoms with Crippen LogP contribution in [0.15, 0.2) is 42.5 Å². The first-order valence-electron chi connectivity index (χ1n) is 5.65. The molecule has 1 N–H and O–H groups in total. The van der Waals surface area contributed by atoms with Crippen LogP contribution >= 0.6 is 0 Å². The Morgan fingerprint density at radius 3 is 2.50 bits per heavy atom. The van der Waals surface area contributed by atoms with Crippen molar-refractivity contribution in [1.82, 2.24) is 0 Å². The van der Waals surface area contributed by atoms with Gasteiger partial charge in [-0.25, -0.2) is 0 Å². The van der Waals surface area contributed by atoms with E-state index in [1.165, 1.54) is 11.6 Å². The number of ether oxygens (including phenoxy) is 1. The molecule has 2 rings (SSSR count). The number of benzene rings is 2. The van der Waals surface area contributed by atoms with Gasteiger partial charge in [0.05, 0.1) is 0 Å². The molecule has 2 aromatic rings. The molecular formula is C15H14O3. The van der Waals surface area contributed by atoms with E-state index in [0.717, 1.165) is 5.56 Å². The SMILES string of the molecule is Cc1ccc(COc2ccc(C=O)cc2O)cc1. The van der Waals surface area contributed by atoms with Crippen molar-refractivity contribution in [1.29, 1.82) is 0 Å². The van der Waals surface area contributed by atoms with E-state index < -0.39 is 0 Å². The van der Waals surface area contributed by atoms with E-state index in [-0.39, 0.29) is 5.75 Å². The van der Waals surface area contributed by atoms with Gasteiger partial charge in [0, 0.05) is 5.56 Å². The maximum absolute atomic E-state index is 10.5. The fourth-order valence-electron chi connectivity index (χ4n) is 1.58. The molecule has 18 heavy (non-hydrogen) atoms. The highest BCUT2D eigenvalue weighted by atomic mass is 16.5. The fraction of sp³-hybridized carbons (Fsp3) is 0.133. The minimum atomic E-state index is -0.0216. The molecule has 0 aliphatic rings. The molecule has 0 atom stereocenters. The maximum atomic E-state index is 10.5. The summed E-state index contributed by atoms with van der Waals surface area (Å²) in [5.41, 5.74) is 2.64. The Morgan fingerprint density at radius 1 is 1.17 bits per heavy atom. The summed E-state index contributed by atoms with van der Waals surface area (Å²) in [5, 5.41) is 9.66. The largest absolute Gasteiger partial charge is 0.504 e. The Hall–Kier alpha value is -2.29. The third-order valence-electron chi connectivity index (χ3n) is 2.63. The predicted octanol–water partition coefficient (Wildman–Crippen LogP) is 3.09. The van der Waals surface area contributed by atoms with Gasteiger partial charge < -0.3 is 9.84 Å². The van der Waals surface area contributed by atoms with E-state index >= 15 is 0 Å². The molecule has 0 bridgehead atoms. The number of aldehydes is 1. The quantitative estimate of drug-likeness (QED) is 0.838. The van der Waals surface area contributed by atoms with Gasteiger partial charge in [0.25, 0.3) is 0 Å². The van der Waals surface area contributed by atoms with E-state index in [1.54, 1.807) is 12.1 Å². The van der Waals surface area contributed by atoms with Gasteiger partial charge in [-0.15, -0.1) is 0 Å². The van der Waals surface area contributed by atoms with Crippen molar-refractivity contribution in [3.8, 4) is 11.5 Å². The molecule has 0 heterocycles. The number of phenolic OH excluding ortho intramolecular Hbond substituents is 1. The lowest BCUT2D eigenvalue weighted by Crippen LogP contribution is -1.96. The zero-order valence-electron chi connectivity index (χ0n) is 10.1. The van der Waals surface area contributed by atoms with Crippen molar-refractivity contribution in [3.63, 3.8) is 0 Å². The van der Waals surface area contributed by atoms with Gasteiger partial charge in [0.15, 0.2) is 11.5 Å². The number of aryl methyl sites for hydroxylation is 1. The molecule has 0 unspecified atom stereocenters. The first kappa shape index (κ1) is 12.2. The molecule has 0 fully saturated rings. The van der Waals surface area contributed by atoms with Gasteiger partial charge >= 0.3 is 0 Å². The molecule has 0 saturated heterocycles. The van der Waals surface area contributed by atoms with Gasteiger partial charge in [0.2, 0.25) is 0 Å². The number of carbonyl (C=O) groups excluding carboxylic acids is 1. The second-order valence-corrected chi connectivity index (χ2v) is 4.12. The monoisotopic (exact) mass is 242 g/mol. The summed E-state index contributed by atoms with van der Waals surface area (Å²) in [4.78, 5) is 10.5. The Kier molecular flexibility index (Phi) is 3.63. The van der Waals surface area contributed by atoms with E-state index in [2.05, 4.69) is 0 Å². The second kappa shape index (κ2) is 5.36. The van der Waals surface area contributed by atoms with Crippen LogP contribution in [0.2, 0.25) is 0 Å². The van der Waals surface area contributed by atoms with Crippen molar-refractivity contribution < 1.29 is 14.6 Å². The summed E-state index contributed by atoms with van der Waals surface area (Å²) in [6.07, 6.45) is 0.684. The molecule has 3 nitrogen and oxygen atoms in total. The molecular weight excluding hydrogens is 228 g/mol. The Morgan fingerprint density at radius 2 is 1.89 bits per heavy atom. The van der Waals surface area contributed by atoms with Crippen LogP contribution in [0, 0.1) is 6.92 Å². The van der Waals surface area contributed by atoms with Gasteiger partial charge in [-0.2, -0.15) is 0 Å². The van der Waals surface area contributed by atoms with Crippen LogP contribution in [0.3, 0.4) is 0 Å². The zero-order chi connectivity index (χ0) is 13.0. The van der Waals surface area contributed by atoms with E-state index in [0.29, 0.717) is 24.2 Å². The lowest BCUT2D eigenvalue weighted by molar-refractivity contribution is 0.112. The third-order valence-corrected chi connectivity index (χ3v) is 2.63. The van der Waals surface area contributed by atoms with Crippen LogP contribution in [0.25, 0.3) is 0 Å². The van der Waals surface area contributed by atoms with Crippen molar-refractivity contribution in [2.75, 3.05) is 0 Å². The standard InChI is InChI=1S/C15H14O3/c1-11-2-4-12(5-3-11)10-18-15-7-6-13(9-16)8-14(15)17/h2-9,17H,10H2,1H3. The van der Waals surface area contributed by atoms with Gasteiger partial charge in [-0.3, -0.25) is 4.79 Å². The van der Waals surface area contributed by atoms with Crippen LogP contribution in [-0.2, 0) is 6.61 Å². The molecule has 3 heteroatoms. The van der Waals surface area contributed by atoms with E-state index in [1.807, 2.05) is 31.2 Å². The first-order valence-corrected chi connectivity index (χ1v) is 5.65. The van der Waals surface area contributed by atoms with Gasteiger partial charge in [-0.05, 0) is 30.7 Å². The molecule has 0 spiro atoms. The molecule has 0 aliphatic carbocycles. The highest BCUT2D eigenvalue weighted by Crippen LogP contribution is 2.27. The van der Waals surface area contributed by atoms with Crippen LogP contribution in [0.4, 0.5) is 0 Å². The summed E-state index contributed by atoms with van der Waals surface area (Å²) in [6, 6.07) is 12.6. The summed E-state index contributed by atoms with van der Waals surface area (Å²) in [7, 11) is 0. The zero-order valence-corrected chi connectivity index (χ0v) is 10.1. The fourth-order valence-corrected chi connectivity index (χ4v) is 1.58. The molecule has 0 aliphatic heterocycles. The Bertz CT molecular complexity index is 544. The van der Waals surface area contributed by atoms with Crippen molar-refractivity contribution in [3.05, 3.63) is 59.2 Å². The van der Waals surface area contributed by atoms with Crippen LogP contribution in [-0.4, -0.2) is 11.4 Å². The van der Waals surface area contributed by atoms with E-state index in [9.17, 15) is 9.90 Å². The maximum Gasteiger partial charge on any atom is 0.161 e. The molecule has 0 radical (unpaired) electrons. The highest BCUT2D eigenvalue weighted by Gasteiger charge is 2.03. The summed E-state index contributed by atoms with van der Waals surface area (Å²) < 4.78 is 5.50. The summed E-state index contributed by atoms with van der Waals surface area (Å²) in [6.45, 7) is 2.41. The van der Waals surface area contributed by atoms with Crippen molar-refractivity contribution in [2.45, 2.75) is 13.5 Å². The lowest BCUT2D eigenvalue weighted by Gasteiger charge is -2.08. The molecule has 2 aromatic carbocycles. The average Bonchev–Trinajstić information content (AvgIpc) is 2.39. The number of rotatable bonds is 4. The number of hydrogen-bond acceptors (Lipinski definition) is 3. The van der Waals surface area contributed by atoms with Crippen molar-refractivity contribution >= 4 is 6.29 Å². The van der Waals surface area contributed by atoms with Crippen molar-refractivity contribution in [2.24, 2.45) is 0 Å². The second-order valence-electron chi connectivity index (χ2n) is 4.12. The van der Waals surface area contributed by atoms with Crippen LogP contribution < -0.4 is 4.74 Å². The Labute approximate surface area is 106 Å². The topological polar surface area (TPSA) is 46.5 Å². The summed E-state index contributed by atoms with van der Waals surface area (Å²) >= 11 is 0.